The van der Waals surface area contributed by atoms with E-state index in [9.17, 15) is 0 Å². The molecule has 0 N–H and O–H groups in total. The Morgan fingerprint density at radius 3 is 2.64 bits per heavy atom. The van der Waals surface area contributed by atoms with Gasteiger partial charge in [-0.3, -0.25) is 4.90 Å². The van der Waals surface area contributed by atoms with E-state index in [1.807, 2.05) is 19.1 Å². The Labute approximate surface area is 159 Å². The summed E-state index contributed by atoms with van der Waals surface area (Å²) in [6, 6.07) is 3.49. The quantitative estimate of drug-likeness (QED) is 0.442. The van der Waals surface area contributed by atoms with E-state index < -0.39 is 0 Å². The van der Waals surface area contributed by atoms with Gasteiger partial charge in [-0.2, -0.15) is 0 Å². The first kappa shape index (κ1) is 21.6. The van der Waals surface area contributed by atoms with Gasteiger partial charge in [-0.15, -0.1) is 0 Å². The third-order valence-electron chi connectivity index (χ3n) is 4.88. The standard InChI is InChI=1S/C22H33ClN2/c1-9-11-20(23)15-22(6,17(2)3)21(16-24(7)8)25-13-10-12-18(4)14-19(25)5/h9,11,14-15,17,21H,5,12,16H2,1-4,6-8H3/b11-9+,20-15+. The van der Waals surface area contributed by atoms with E-state index in [0.717, 1.165) is 23.7 Å². The Bertz CT molecular complexity index is 628. The molecule has 0 aromatic rings. The molecule has 25 heavy (non-hydrogen) atoms. The van der Waals surface area contributed by atoms with Crippen molar-refractivity contribution in [2.75, 3.05) is 20.6 Å². The van der Waals surface area contributed by atoms with E-state index in [0.29, 0.717) is 5.92 Å². The molecule has 2 nitrogen and oxygen atoms in total. The highest BCUT2D eigenvalue weighted by atomic mass is 35.5. The van der Waals surface area contributed by atoms with Crippen molar-refractivity contribution < 1.29 is 0 Å². The number of rotatable bonds is 7. The van der Waals surface area contributed by atoms with Crippen LogP contribution in [0, 0.1) is 23.3 Å². The van der Waals surface area contributed by atoms with Gasteiger partial charge in [0.05, 0.1) is 6.04 Å². The highest BCUT2D eigenvalue weighted by Crippen LogP contribution is 2.39. The van der Waals surface area contributed by atoms with Crippen LogP contribution in [0.25, 0.3) is 0 Å². The van der Waals surface area contributed by atoms with Gasteiger partial charge in [0.15, 0.2) is 0 Å². The van der Waals surface area contributed by atoms with Gasteiger partial charge in [0.1, 0.15) is 0 Å². The Kier molecular flexibility index (Phi) is 8.06. The maximum absolute atomic E-state index is 6.49. The zero-order valence-electron chi connectivity index (χ0n) is 16.9. The largest absolute Gasteiger partial charge is 0.307 e. The van der Waals surface area contributed by atoms with Crippen molar-refractivity contribution in [1.82, 2.24) is 9.80 Å². The summed E-state index contributed by atoms with van der Waals surface area (Å²) in [5.74, 6) is 3.67. The summed E-state index contributed by atoms with van der Waals surface area (Å²) in [7, 11) is 4.19. The fourth-order valence-electron chi connectivity index (χ4n) is 3.07. The first-order valence-corrected chi connectivity index (χ1v) is 9.29. The molecule has 1 aliphatic heterocycles. The Morgan fingerprint density at radius 1 is 1.48 bits per heavy atom. The molecule has 1 rings (SSSR count). The number of hydrogen-bond donors (Lipinski definition) is 0. The molecule has 0 radical (unpaired) electrons. The highest BCUT2D eigenvalue weighted by Gasteiger charge is 2.40. The fraction of sp³-hybridized carbons (Fsp3) is 0.545. The molecule has 1 heterocycles. The van der Waals surface area contributed by atoms with Crippen LogP contribution in [-0.4, -0.2) is 36.5 Å². The summed E-state index contributed by atoms with van der Waals surface area (Å²) in [5.41, 5.74) is 2.04. The second-order valence-electron chi connectivity index (χ2n) is 7.65. The minimum Gasteiger partial charge on any atom is -0.307 e. The molecule has 1 aliphatic rings. The van der Waals surface area contributed by atoms with E-state index in [2.05, 4.69) is 82.3 Å². The van der Waals surface area contributed by atoms with Crippen molar-refractivity contribution in [2.45, 2.75) is 47.1 Å². The molecule has 138 valence electrons. The highest BCUT2D eigenvalue weighted by molar-refractivity contribution is 6.31. The molecule has 0 aliphatic carbocycles. The molecule has 0 saturated heterocycles. The molecule has 0 bridgehead atoms. The van der Waals surface area contributed by atoms with E-state index in [1.165, 1.54) is 5.57 Å². The molecule has 0 saturated carbocycles. The third kappa shape index (κ3) is 5.80. The van der Waals surface area contributed by atoms with Crippen LogP contribution in [0.5, 0.6) is 0 Å². The van der Waals surface area contributed by atoms with Gasteiger partial charge in [-0.25, -0.2) is 0 Å². The molecular formula is C22H33ClN2. The summed E-state index contributed by atoms with van der Waals surface area (Å²) < 4.78 is 0. The summed E-state index contributed by atoms with van der Waals surface area (Å²) in [6.45, 7) is 16.0. The number of hydrogen-bond acceptors (Lipinski definition) is 2. The Morgan fingerprint density at radius 2 is 2.12 bits per heavy atom. The SMILES string of the molecule is C=C1C=C(C)CC#CN1C(CN(C)C)C(C)(/C=C(Cl)\C=C\C)C(C)C. The van der Waals surface area contributed by atoms with Crippen molar-refractivity contribution in [1.29, 1.82) is 0 Å². The molecule has 0 fully saturated rings. The predicted molar refractivity (Wildman–Crippen MR) is 111 cm³/mol. The van der Waals surface area contributed by atoms with Gasteiger partial charge in [0, 0.05) is 35.2 Å². The van der Waals surface area contributed by atoms with Gasteiger partial charge in [0.25, 0.3) is 0 Å². The topological polar surface area (TPSA) is 6.48 Å². The first-order chi connectivity index (χ1) is 11.6. The van der Waals surface area contributed by atoms with Crippen LogP contribution < -0.4 is 0 Å². The van der Waals surface area contributed by atoms with Gasteiger partial charge in [-0.1, -0.05) is 62.6 Å². The maximum Gasteiger partial charge on any atom is 0.0643 e. The normalized spacial score (nSPS) is 19.6. The van der Waals surface area contributed by atoms with E-state index in [4.69, 9.17) is 11.6 Å². The lowest BCUT2D eigenvalue weighted by Crippen LogP contribution is -2.51. The van der Waals surface area contributed by atoms with Gasteiger partial charge in [-0.05, 0) is 46.0 Å². The lowest BCUT2D eigenvalue weighted by atomic mass is 9.71. The number of halogens is 1. The maximum atomic E-state index is 6.49. The zero-order chi connectivity index (χ0) is 19.2. The minimum absolute atomic E-state index is 0.142. The van der Waals surface area contributed by atoms with Crippen LogP contribution in [0.2, 0.25) is 0 Å². The average Bonchev–Trinajstić information content (AvgIpc) is 2.64. The number of likely N-dealkylation sites (N-methyl/N-ethyl adjacent to an activating group) is 1. The molecule has 0 spiro atoms. The fourth-order valence-corrected chi connectivity index (χ4v) is 3.43. The van der Waals surface area contributed by atoms with Crippen molar-refractivity contribution in [2.24, 2.45) is 11.3 Å². The molecule has 0 aromatic carbocycles. The van der Waals surface area contributed by atoms with Crippen molar-refractivity contribution in [3.05, 3.63) is 47.2 Å². The summed E-state index contributed by atoms with van der Waals surface area (Å²) in [5, 5.41) is 0.766. The van der Waals surface area contributed by atoms with Crippen LogP contribution >= 0.6 is 11.6 Å². The summed E-state index contributed by atoms with van der Waals surface area (Å²) >= 11 is 6.49. The van der Waals surface area contributed by atoms with E-state index >= 15 is 0 Å². The lowest BCUT2D eigenvalue weighted by molar-refractivity contribution is 0.116. The second-order valence-corrected chi connectivity index (χ2v) is 8.08. The van der Waals surface area contributed by atoms with Crippen molar-refractivity contribution in [3.8, 4) is 12.0 Å². The molecule has 0 aromatic heterocycles. The Balaban J connectivity index is 3.45. The van der Waals surface area contributed by atoms with Crippen molar-refractivity contribution >= 4 is 11.6 Å². The molecule has 2 unspecified atom stereocenters. The minimum atomic E-state index is -0.162. The van der Waals surface area contributed by atoms with Crippen LogP contribution in [-0.2, 0) is 0 Å². The monoisotopic (exact) mass is 360 g/mol. The molecular weight excluding hydrogens is 328 g/mol. The number of allylic oxidation sites excluding steroid dienone is 5. The van der Waals surface area contributed by atoms with Crippen LogP contribution in [0.3, 0.4) is 0 Å². The zero-order valence-corrected chi connectivity index (χ0v) is 17.6. The van der Waals surface area contributed by atoms with E-state index in [1.54, 1.807) is 0 Å². The summed E-state index contributed by atoms with van der Waals surface area (Å²) in [4.78, 5) is 4.35. The van der Waals surface area contributed by atoms with E-state index in [-0.39, 0.29) is 11.5 Å². The molecule has 3 heteroatoms. The average molecular weight is 361 g/mol. The first-order valence-electron chi connectivity index (χ1n) is 8.91. The molecule has 2 atom stereocenters. The second kappa shape index (κ2) is 9.32. The van der Waals surface area contributed by atoms with Gasteiger partial charge >= 0.3 is 0 Å². The van der Waals surface area contributed by atoms with Crippen molar-refractivity contribution in [3.63, 3.8) is 0 Å². The lowest BCUT2D eigenvalue weighted by Gasteiger charge is -2.45. The van der Waals surface area contributed by atoms with Crippen LogP contribution in [0.1, 0.15) is 41.0 Å². The van der Waals surface area contributed by atoms with Crippen LogP contribution in [0.4, 0.5) is 0 Å². The van der Waals surface area contributed by atoms with Gasteiger partial charge in [0.2, 0.25) is 0 Å². The number of nitrogens with zero attached hydrogens (tertiary/aromatic N) is 2. The summed E-state index contributed by atoms with van der Waals surface area (Å²) in [6.07, 6.45) is 9.02. The van der Waals surface area contributed by atoms with Gasteiger partial charge < -0.3 is 4.90 Å². The smallest absolute Gasteiger partial charge is 0.0643 e. The third-order valence-corrected chi connectivity index (χ3v) is 5.11. The molecule has 0 amide bonds. The van der Waals surface area contributed by atoms with Crippen LogP contribution in [0.15, 0.2) is 47.2 Å². The Hall–Kier alpha value is -1.43. The predicted octanol–water partition coefficient (Wildman–Crippen LogP) is 5.40.